The summed E-state index contributed by atoms with van der Waals surface area (Å²) < 4.78 is 14.3. The molecule has 0 saturated heterocycles. The van der Waals surface area contributed by atoms with Crippen LogP contribution in [-0.4, -0.2) is 10.9 Å². The second-order valence-corrected chi connectivity index (χ2v) is 8.83. The number of halogens is 1. The number of fused-ring (bicyclic) bond motifs is 4. The molecule has 0 unspecified atom stereocenters. The number of rotatable bonds is 3. The summed E-state index contributed by atoms with van der Waals surface area (Å²) in [6.07, 6.45) is 5.01. The molecule has 2 aromatic rings. The fourth-order valence-corrected chi connectivity index (χ4v) is 5.53. The number of hydrogen-bond donors (Lipinski definition) is 3. The highest BCUT2D eigenvalue weighted by Gasteiger charge is 2.67. The quantitative estimate of drug-likeness (QED) is 0.708. The molecule has 1 saturated carbocycles. The maximum absolute atomic E-state index is 14.3. The van der Waals surface area contributed by atoms with Gasteiger partial charge in [0.05, 0.1) is 22.4 Å². The number of aromatic nitrogens is 1. The number of pyridine rings is 1. The van der Waals surface area contributed by atoms with E-state index in [-0.39, 0.29) is 23.1 Å². The number of anilines is 1. The van der Waals surface area contributed by atoms with E-state index in [9.17, 15) is 9.18 Å². The van der Waals surface area contributed by atoms with Gasteiger partial charge in [0.1, 0.15) is 17.7 Å². The summed E-state index contributed by atoms with van der Waals surface area (Å²) >= 11 is 0. The number of benzene rings is 1. The Kier molecular flexibility index (Phi) is 4.16. The normalized spacial score (nSPS) is 25.1. The van der Waals surface area contributed by atoms with Crippen LogP contribution in [0, 0.1) is 33.9 Å². The van der Waals surface area contributed by atoms with Crippen LogP contribution in [0.3, 0.4) is 0 Å². The van der Waals surface area contributed by atoms with Crippen molar-refractivity contribution in [2.75, 3.05) is 5.32 Å². The van der Waals surface area contributed by atoms with Gasteiger partial charge in [0.2, 0.25) is 5.91 Å². The Morgan fingerprint density at radius 1 is 1.26 bits per heavy atom. The lowest BCUT2D eigenvalue weighted by Gasteiger charge is -2.39. The van der Waals surface area contributed by atoms with Gasteiger partial charge < -0.3 is 16.2 Å². The van der Waals surface area contributed by atoms with Gasteiger partial charge in [-0.2, -0.15) is 5.26 Å². The predicted octanol–water partition coefficient (Wildman–Crippen LogP) is 3.87. The Labute approximate surface area is 179 Å². The van der Waals surface area contributed by atoms with Gasteiger partial charge >= 0.3 is 0 Å². The Bertz CT molecular complexity index is 1190. The molecular formula is C24H22FN5O. The Morgan fingerprint density at radius 2 is 2.06 bits per heavy atom. The van der Waals surface area contributed by atoms with E-state index in [4.69, 9.17) is 5.26 Å². The largest absolute Gasteiger partial charge is 0.310 e. The van der Waals surface area contributed by atoms with Gasteiger partial charge in [0.25, 0.3) is 0 Å². The first-order valence-corrected chi connectivity index (χ1v) is 10.3. The molecule has 2 aliphatic carbocycles. The first-order chi connectivity index (χ1) is 14.9. The van der Waals surface area contributed by atoms with E-state index in [0.29, 0.717) is 29.1 Å². The van der Waals surface area contributed by atoms with E-state index in [1.165, 1.54) is 12.3 Å². The number of nitriles is 1. The van der Waals surface area contributed by atoms with E-state index in [1.807, 2.05) is 12.1 Å². The molecule has 1 aromatic carbocycles. The maximum atomic E-state index is 14.3. The smallest absolute Gasteiger partial charge is 0.238 e. The molecule has 1 aromatic heterocycles. The monoisotopic (exact) mass is 415 g/mol. The maximum Gasteiger partial charge on any atom is 0.238 e. The number of amides is 1. The minimum atomic E-state index is -0.757. The topological polar surface area (TPSA) is 89.8 Å². The molecule has 7 heteroatoms. The van der Waals surface area contributed by atoms with Crippen LogP contribution in [0.5, 0.6) is 0 Å². The molecule has 156 valence electrons. The van der Waals surface area contributed by atoms with Crippen LogP contribution < -0.4 is 16.2 Å². The van der Waals surface area contributed by atoms with Crippen molar-refractivity contribution in [3.8, 4) is 6.07 Å². The van der Waals surface area contributed by atoms with Crippen molar-refractivity contribution in [3.63, 3.8) is 0 Å². The van der Waals surface area contributed by atoms with E-state index in [2.05, 4.69) is 35.0 Å². The van der Waals surface area contributed by atoms with Gasteiger partial charge in [-0.1, -0.05) is 26.0 Å². The Balaban J connectivity index is 1.53. The van der Waals surface area contributed by atoms with Gasteiger partial charge in [-0.15, -0.1) is 0 Å². The van der Waals surface area contributed by atoms with Crippen molar-refractivity contribution in [1.82, 2.24) is 15.8 Å². The van der Waals surface area contributed by atoms with Crippen LogP contribution in [-0.2, 0) is 4.79 Å². The van der Waals surface area contributed by atoms with E-state index >= 15 is 0 Å². The molecule has 1 amide bonds. The summed E-state index contributed by atoms with van der Waals surface area (Å²) in [7, 11) is 0. The van der Waals surface area contributed by atoms with Gasteiger partial charge in [0.15, 0.2) is 0 Å². The number of hydrazine groups is 1. The fraction of sp³-hybridized carbons (Fsp3) is 0.292. The number of nitrogens with zero attached hydrogens (tertiary/aromatic N) is 2. The second kappa shape index (κ2) is 6.67. The first-order valence-electron chi connectivity index (χ1n) is 10.3. The fourth-order valence-electron chi connectivity index (χ4n) is 5.53. The molecule has 2 atom stereocenters. The summed E-state index contributed by atoms with van der Waals surface area (Å²) in [6.45, 7) is 4.24. The standard InChI is InChI=1S/C24H22FN5O/c1-23(2)17-9-10-24(23,22(31)28-20-8-7-14(12-26)13-27-20)21-16(17)11-19(29-30-21)15-5-3-4-6-18(15)25/h3-8,11,13,17,29-30H,9-10H2,1-2H3,(H,27,28,31)/t17-,24+/m1/s1. The lowest BCUT2D eigenvalue weighted by Crippen LogP contribution is -2.50. The van der Waals surface area contributed by atoms with Crippen LogP contribution in [0.2, 0.25) is 0 Å². The molecule has 3 N–H and O–H groups in total. The Hall–Kier alpha value is -3.66. The second-order valence-electron chi connectivity index (χ2n) is 8.83. The van der Waals surface area contributed by atoms with Crippen molar-refractivity contribution in [1.29, 1.82) is 5.26 Å². The molecule has 2 bridgehead atoms. The van der Waals surface area contributed by atoms with Crippen molar-refractivity contribution >= 4 is 17.4 Å². The molecule has 0 spiro atoms. The minimum absolute atomic E-state index is 0.126. The summed E-state index contributed by atoms with van der Waals surface area (Å²) in [4.78, 5) is 17.8. The zero-order valence-electron chi connectivity index (χ0n) is 17.3. The SMILES string of the molecule is CC1(C)[C@@H]2CC[C@@]1(C(=O)Nc1ccc(C#N)cn1)C1=C2C=C(c2ccccc2F)NN1. The highest BCUT2D eigenvalue weighted by molar-refractivity contribution is 5.99. The molecule has 0 radical (unpaired) electrons. The zero-order valence-corrected chi connectivity index (χ0v) is 17.3. The van der Waals surface area contributed by atoms with E-state index < -0.39 is 5.41 Å². The van der Waals surface area contributed by atoms with Gasteiger partial charge in [0, 0.05) is 11.8 Å². The van der Waals surface area contributed by atoms with Crippen LogP contribution in [0.4, 0.5) is 10.2 Å². The van der Waals surface area contributed by atoms with Crippen molar-refractivity contribution in [2.24, 2.45) is 16.7 Å². The molecule has 6 nitrogen and oxygen atoms in total. The van der Waals surface area contributed by atoms with Gasteiger partial charge in [-0.25, -0.2) is 9.37 Å². The van der Waals surface area contributed by atoms with Crippen LogP contribution in [0.15, 0.2) is 59.9 Å². The van der Waals surface area contributed by atoms with E-state index in [1.54, 1.807) is 30.3 Å². The summed E-state index contributed by atoms with van der Waals surface area (Å²) in [5.74, 6) is 0.171. The molecule has 1 fully saturated rings. The number of carbonyl (C=O) groups is 1. The molecule has 1 aliphatic heterocycles. The summed E-state index contributed by atoms with van der Waals surface area (Å²) in [5.41, 5.74) is 8.75. The number of allylic oxidation sites excluding steroid dienone is 2. The average molecular weight is 415 g/mol. The van der Waals surface area contributed by atoms with Crippen LogP contribution in [0.25, 0.3) is 5.70 Å². The highest BCUT2D eigenvalue weighted by Crippen LogP contribution is 2.68. The minimum Gasteiger partial charge on any atom is -0.310 e. The van der Waals surface area contributed by atoms with Crippen molar-refractivity contribution in [2.45, 2.75) is 26.7 Å². The molecule has 2 heterocycles. The molecule has 3 aliphatic rings. The Morgan fingerprint density at radius 3 is 2.77 bits per heavy atom. The van der Waals surface area contributed by atoms with Crippen molar-refractivity contribution in [3.05, 3.63) is 76.9 Å². The molecule has 5 rings (SSSR count). The lowest BCUT2D eigenvalue weighted by atomic mass is 9.67. The third-order valence-corrected chi connectivity index (χ3v) is 7.18. The number of carbonyl (C=O) groups excluding carboxylic acids is 1. The molecule has 31 heavy (non-hydrogen) atoms. The number of nitrogens with one attached hydrogen (secondary N) is 3. The highest BCUT2D eigenvalue weighted by atomic mass is 19.1. The number of hydrogen-bond acceptors (Lipinski definition) is 5. The lowest BCUT2D eigenvalue weighted by molar-refractivity contribution is -0.128. The van der Waals surface area contributed by atoms with Crippen LogP contribution in [0.1, 0.15) is 37.8 Å². The predicted molar refractivity (Wildman–Crippen MR) is 114 cm³/mol. The third kappa shape index (κ3) is 2.61. The van der Waals surface area contributed by atoms with Crippen molar-refractivity contribution < 1.29 is 9.18 Å². The zero-order chi connectivity index (χ0) is 21.8. The van der Waals surface area contributed by atoms with Gasteiger partial charge in [-0.3, -0.25) is 4.79 Å². The summed E-state index contributed by atoms with van der Waals surface area (Å²) in [5, 5.41) is 11.9. The average Bonchev–Trinajstić information content (AvgIpc) is 3.16. The third-order valence-electron chi connectivity index (χ3n) is 7.18. The van der Waals surface area contributed by atoms with Gasteiger partial charge in [-0.05, 0) is 60.1 Å². The first kappa shape index (κ1) is 19.3. The molecular weight excluding hydrogens is 393 g/mol. The van der Waals surface area contributed by atoms with E-state index in [0.717, 1.165) is 17.7 Å². The summed E-state index contributed by atoms with van der Waals surface area (Å²) in [6, 6.07) is 11.9. The van der Waals surface area contributed by atoms with Crippen LogP contribution >= 0.6 is 0 Å².